The number of ether oxygens (including phenoxy) is 2. The Labute approximate surface area is 124 Å². The van der Waals surface area contributed by atoms with Crippen LogP contribution in [0, 0.1) is 6.92 Å². The van der Waals surface area contributed by atoms with E-state index in [2.05, 4.69) is 9.97 Å². The van der Waals surface area contributed by atoms with Crippen LogP contribution in [0.3, 0.4) is 0 Å². The number of aryl methyl sites for hydroxylation is 1. The van der Waals surface area contributed by atoms with Crippen LogP contribution in [0.1, 0.15) is 24.7 Å². The van der Waals surface area contributed by atoms with Gasteiger partial charge in [0.05, 0.1) is 19.9 Å². The first-order valence-corrected chi connectivity index (χ1v) is 6.92. The molecule has 0 bridgehead atoms. The average molecular weight is 288 g/mol. The number of H-pyrrole nitrogens is 1. The van der Waals surface area contributed by atoms with Crippen molar-refractivity contribution in [3.63, 3.8) is 0 Å². The quantitative estimate of drug-likeness (QED) is 0.918. The largest absolute Gasteiger partial charge is 0.497 e. The molecule has 1 aromatic heterocycles. The third-order valence-corrected chi connectivity index (χ3v) is 3.35. The monoisotopic (exact) mass is 288 g/mol. The smallest absolute Gasteiger partial charge is 0.254 e. The first-order chi connectivity index (χ1) is 10.1. The second kappa shape index (κ2) is 6.43. The maximum absolute atomic E-state index is 12.1. The van der Waals surface area contributed by atoms with Crippen molar-refractivity contribution in [3.05, 3.63) is 39.9 Å². The van der Waals surface area contributed by atoms with Gasteiger partial charge < -0.3 is 14.5 Å². The average Bonchev–Trinajstić information content (AvgIpc) is 2.50. The fourth-order valence-electron chi connectivity index (χ4n) is 2.19. The van der Waals surface area contributed by atoms with E-state index >= 15 is 0 Å². The van der Waals surface area contributed by atoms with Gasteiger partial charge >= 0.3 is 0 Å². The summed E-state index contributed by atoms with van der Waals surface area (Å²) in [6.07, 6.45) is 1.66. The zero-order valence-corrected chi connectivity index (χ0v) is 12.8. The molecule has 0 saturated carbocycles. The fraction of sp³-hybridized carbons (Fsp3) is 0.375. The van der Waals surface area contributed by atoms with E-state index in [-0.39, 0.29) is 5.56 Å². The van der Waals surface area contributed by atoms with Gasteiger partial charge in [0, 0.05) is 23.6 Å². The second-order valence-corrected chi connectivity index (χ2v) is 4.80. The van der Waals surface area contributed by atoms with Crippen molar-refractivity contribution in [3.8, 4) is 22.8 Å². The van der Waals surface area contributed by atoms with Gasteiger partial charge in [-0.1, -0.05) is 6.92 Å². The minimum atomic E-state index is -0.110. The number of rotatable bonds is 5. The van der Waals surface area contributed by atoms with Crippen LogP contribution in [0.25, 0.3) is 11.3 Å². The summed E-state index contributed by atoms with van der Waals surface area (Å²) in [5.74, 6) is 2.03. The first-order valence-electron chi connectivity index (χ1n) is 6.92. The van der Waals surface area contributed by atoms with E-state index in [4.69, 9.17) is 9.47 Å². The standard InChI is InChI=1S/C16H20N2O3/c1-5-6-14-17-15(10(2)16(19)18-14)12-8-7-11(20-3)9-13(12)21-4/h7-9H,5-6H2,1-4H3,(H,17,18,19). The highest BCUT2D eigenvalue weighted by molar-refractivity contribution is 5.70. The molecule has 0 aliphatic heterocycles. The lowest BCUT2D eigenvalue weighted by atomic mass is 10.1. The predicted octanol–water partition coefficient (Wildman–Crippen LogP) is 2.72. The Hall–Kier alpha value is -2.30. The number of aromatic nitrogens is 2. The first kappa shape index (κ1) is 15.1. The van der Waals surface area contributed by atoms with E-state index in [0.717, 1.165) is 18.4 Å². The Balaban J connectivity index is 2.63. The summed E-state index contributed by atoms with van der Waals surface area (Å²) in [5, 5.41) is 0. The number of nitrogens with one attached hydrogen (secondary N) is 1. The minimum Gasteiger partial charge on any atom is -0.497 e. The van der Waals surface area contributed by atoms with Gasteiger partial charge in [-0.2, -0.15) is 0 Å². The zero-order chi connectivity index (χ0) is 15.4. The molecule has 112 valence electrons. The molecule has 0 atom stereocenters. The van der Waals surface area contributed by atoms with Crippen molar-refractivity contribution >= 4 is 0 Å². The molecular weight excluding hydrogens is 268 g/mol. The van der Waals surface area contributed by atoms with Gasteiger partial charge in [-0.05, 0) is 25.5 Å². The Kier molecular flexibility index (Phi) is 4.62. The highest BCUT2D eigenvalue weighted by atomic mass is 16.5. The third kappa shape index (κ3) is 3.07. The number of hydrogen-bond donors (Lipinski definition) is 1. The van der Waals surface area contributed by atoms with Crippen molar-refractivity contribution in [1.29, 1.82) is 0 Å². The molecule has 5 nitrogen and oxygen atoms in total. The van der Waals surface area contributed by atoms with E-state index in [9.17, 15) is 4.79 Å². The molecule has 0 spiro atoms. The lowest BCUT2D eigenvalue weighted by Crippen LogP contribution is -2.16. The molecule has 2 aromatic rings. The highest BCUT2D eigenvalue weighted by Crippen LogP contribution is 2.33. The predicted molar refractivity (Wildman–Crippen MR) is 82.1 cm³/mol. The summed E-state index contributed by atoms with van der Waals surface area (Å²) < 4.78 is 10.6. The number of methoxy groups -OCH3 is 2. The molecule has 0 aliphatic carbocycles. The van der Waals surface area contributed by atoms with Crippen LogP contribution >= 0.6 is 0 Å². The summed E-state index contributed by atoms with van der Waals surface area (Å²) >= 11 is 0. The van der Waals surface area contributed by atoms with Crippen molar-refractivity contribution in [2.24, 2.45) is 0 Å². The van der Waals surface area contributed by atoms with Crippen LogP contribution in [0.5, 0.6) is 11.5 Å². The zero-order valence-electron chi connectivity index (χ0n) is 12.8. The highest BCUT2D eigenvalue weighted by Gasteiger charge is 2.14. The van der Waals surface area contributed by atoms with E-state index in [1.54, 1.807) is 27.2 Å². The van der Waals surface area contributed by atoms with Gasteiger partial charge in [0.2, 0.25) is 0 Å². The summed E-state index contributed by atoms with van der Waals surface area (Å²) in [5.41, 5.74) is 1.92. The van der Waals surface area contributed by atoms with Crippen LogP contribution in [0.2, 0.25) is 0 Å². The Morgan fingerprint density at radius 2 is 2.00 bits per heavy atom. The van der Waals surface area contributed by atoms with Gasteiger partial charge in [0.15, 0.2) is 0 Å². The van der Waals surface area contributed by atoms with Crippen molar-refractivity contribution in [2.45, 2.75) is 26.7 Å². The lowest BCUT2D eigenvalue weighted by molar-refractivity contribution is 0.395. The maximum atomic E-state index is 12.1. The number of benzene rings is 1. The van der Waals surface area contributed by atoms with E-state index < -0.39 is 0 Å². The Bertz CT molecular complexity index is 692. The van der Waals surface area contributed by atoms with E-state index in [0.29, 0.717) is 28.6 Å². The fourth-order valence-corrected chi connectivity index (χ4v) is 2.19. The van der Waals surface area contributed by atoms with Gasteiger partial charge in [-0.25, -0.2) is 4.98 Å². The van der Waals surface area contributed by atoms with Gasteiger partial charge in [0.25, 0.3) is 5.56 Å². The van der Waals surface area contributed by atoms with Crippen LogP contribution < -0.4 is 15.0 Å². The topological polar surface area (TPSA) is 64.2 Å². The van der Waals surface area contributed by atoms with Crippen molar-refractivity contribution < 1.29 is 9.47 Å². The molecule has 0 saturated heterocycles. The molecule has 0 radical (unpaired) electrons. The molecular formula is C16H20N2O3. The van der Waals surface area contributed by atoms with Crippen molar-refractivity contribution in [2.75, 3.05) is 14.2 Å². The van der Waals surface area contributed by atoms with Gasteiger partial charge in [-0.15, -0.1) is 0 Å². The minimum absolute atomic E-state index is 0.110. The molecule has 1 N–H and O–H groups in total. The van der Waals surface area contributed by atoms with E-state index in [1.165, 1.54) is 0 Å². The molecule has 0 amide bonds. The Morgan fingerprint density at radius 1 is 1.24 bits per heavy atom. The molecule has 0 aliphatic rings. The molecule has 2 rings (SSSR count). The van der Waals surface area contributed by atoms with Crippen LogP contribution in [-0.2, 0) is 6.42 Å². The SMILES string of the molecule is CCCc1nc(-c2ccc(OC)cc2OC)c(C)c(=O)[nH]1. The third-order valence-electron chi connectivity index (χ3n) is 3.35. The van der Waals surface area contributed by atoms with Crippen LogP contribution in [0.15, 0.2) is 23.0 Å². The molecule has 5 heteroatoms. The van der Waals surface area contributed by atoms with Crippen molar-refractivity contribution in [1.82, 2.24) is 9.97 Å². The number of aromatic amines is 1. The molecule has 1 aromatic carbocycles. The molecule has 21 heavy (non-hydrogen) atoms. The second-order valence-electron chi connectivity index (χ2n) is 4.80. The van der Waals surface area contributed by atoms with E-state index in [1.807, 2.05) is 19.1 Å². The molecule has 0 unspecified atom stereocenters. The van der Waals surface area contributed by atoms with Gasteiger partial charge in [-0.3, -0.25) is 4.79 Å². The summed E-state index contributed by atoms with van der Waals surface area (Å²) in [4.78, 5) is 19.5. The lowest BCUT2D eigenvalue weighted by Gasteiger charge is -2.12. The molecule has 0 fully saturated rings. The summed E-state index contributed by atoms with van der Waals surface area (Å²) in [6.45, 7) is 3.81. The maximum Gasteiger partial charge on any atom is 0.254 e. The summed E-state index contributed by atoms with van der Waals surface area (Å²) in [7, 11) is 3.19. The number of nitrogens with zero attached hydrogens (tertiary/aromatic N) is 1. The summed E-state index contributed by atoms with van der Waals surface area (Å²) in [6, 6.07) is 5.49. The number of hydrogen-bond acceptors (Lipinski definition) is 4. The van der Waals surface area contributed by atoms with Crippen LogP contribution in [-0.4, -0.2) is 24.2 Å². The van der Waals surface area contributed by atoms with Gasteiger partial charge in [0.1, 0.15) is 17.3 Å². The van der Waals surface area contributed by atoms with Crippen LogP contribution in [0.4, 0.5) is 0 Å². The molecule has 1 heterocycles. The normalized spacial score (nSPS) is 10.5. The Morgan fingerprint density at radius 3 is 2.62 bits per heavy atom.